The molecule has 0 bridgehead atoms. The molecule has 0 aliphatic heterocycles. The summed E-state index contributed by atoms with van der Waals surface area (Å²) in [7, 11) is -1.58. The molecule has 0 heterocycles. The summed E-state index contributed by atoms with van der Waals surface area (Å²) in [4.78, 5) is 14.0. The van der Waals surface area contributed by atoms with Crippen molar-refractivity contribution in [3.8, 4) is 0 Å². The van der Waals surface area contributed by atoms with Crippen LogP contribution in [-0.2, 0) is 19.4 Å². The molecule has 0 saturated heterocycles. The molecule has 0 saturated carbocycles. The van der Waals surface area contributed by atoms with Crippen LogP contribution in [0.2, 0.25) is 0 Å². The van der Waals surface area contributed by atoms with E-state index < -0.39 is 9.84 Å². The first-order valence-corrected chi connectivity index (χ1v) is 12.0. The monoisotopic (exact) mass is 461 g/mol. The van der Waals surface area contributed by atoms with E-state index in [9.17, 15) is 13.2 Å². The highest BCUT2D eigenvalue weighted by molar-refractivity contribution is 7.91. The molecule has 0 amide bonds. The second-order valence-electron chi connectivity index (χ2n) is 7.65. The van der Waals surface area contributed by atoms with Crippen molar-refractivity contribution < 1.29 is 17.9 Å². The Balaban J connectivity index is 1.60. The first-order chi connectivity index (χ1) is 15.8. The number of hydrogen-bond donors (Lipinski definition) is 0. The fraction of sp³-hybridized carbons (Fsp3) is 0.148. The zero-order valence-electron chi connectivity index (χ0n) is 18.8. The number of sulfone groups is 1. The van der Waals surface area contributed by atoms with Crippen molar-refractivity contribution in [1.29, 1.82) is 0 Å². The van der Waals surface area contributed by atoms with Crippen LogP contribution in [0.5, 0.6) is 0 Å². The Kier molecular flexibility index (Phi) is 7.85. The van der Waals surface area contributed by atoms with Crippen molar-refractivity contribution in [2.24, 2.45) is 0 Å². The molecule has 0 aromatic heterocycles. The Morgan fingerprint density at radius 1 is 0.879 bits per heavy atom. The van der Waals surface area contributed by atoms with Gasteiger partial charge >= 0.3 is 5.97 Å². The van der Waals surface area contributed by atoms with Gasteiger partial charge in [-0.05, 0) is 54.4 Å². The lowest BCUT2D eigenvalue weighted by Crippen LogP contribution is -2.23. The number of nitrogens with zero attached hydrogens (tertiary/aromatic N) is 1. The highest BCUT2D eigenvalue weighted by Gasteiger charge is 2.16. The van der Waals surface area contributed by atoms with Gasteiger partial charge in [0.2, 0.25) is 9.84 Å². The van der Waals surface area contributed by atoms with E-state index in [4.69, 9.17) is 4.74 Å². The maximum absolute atomic E-state index is 12.7. The summed E-state index contributed by atoms with van der Waals surface area (Å²) in [5.41, 5.74) is 3.32. The van der Waals surface area contributed by atoms with Crippen molar-refractivity contribution in [1.82, 2.24) is 0 Å². The first-order valence-electron chi connectivity index (χ1n) is 10.5. The Labute approximate surface area is 195 Å². The zero-order chi connectivity index (χ0) is 23.8. The Morgan fingerprint density at radius 2 is 1.39 bits per heavy atom. The lowest BCUT2D eigenvalue weighted by atomic mass is 10.1. The van der Waals surface area contributed by atoms with E-state index in [1.54, 1.807) is 61.5 Å². The number of ether oxygens (including phenoxy) is 1. The molecule has 6 heteroatoms. The van der Waals surface area contributed by atoms with Gasteiger partial charge in [-0.15, -0.1) is 0 Å². The predicted octanol–water partition coefficient (Wildman–Crippen LogP) is 5.25. The zero-order valence-corrected chi connectivity index (χ0v) is 19.6. The van der Waals surface area contributed by atoms with Crippen molar-refractivity contribution in [3.63, 3.8) is 0 Å². The summed E-state index contributed by atoms with van der Waals surface area (Å²) in [6, 6.07) is 23.2. The van der Waals surface area contributed by atoms with Crippen LogP contribution >= 0.6 is 0 Å². The van der Waals surface area contributed by atoms with Gasteiger partial charge in [0.05, 0.1) is 16.3 Å². The summed E-state index contributed by atoms with van der Waals surface area (Å²) < 4.78 is 30.5. The number of esters is 1. The average molecular weight is 462 g/mol. The molecule has 0 N–H and O–H groups in total. The van der Waals surface area contributed by atoms with E-state index in [-0.39, 0.29) is 15.8 Å². The first kappa shape index (κ1) is 24.0. The minimum atomic E-state index is -3.51. The van der Waals surface area contributed by atoms with Crippen LogP contribution in [0.3, 0.4) is 0 Å². The van der Waals surface area contributed by atoms with Gasteiger partial charge in [-0.1, -0.05) is 61.2 Å². The van der Waals surface area contributed by atoms with E-state index in [0.717, 1.165) is 16.8 Å². The van der Waals surface area contributed by atoms with Crippen LogP contribution in [0, 0.1) is 0 Å². The molecule has 0 aliphatic rings. The minimum absolute atomic E-state index is 0.271. The number of carbonyl (C=O) groups is 1. The van der Waals surface area contributed by atoms with E-state index in [1.807, 2.05) is 48.4 Å². The van der Waals surface area contributed by atoms with Crippen molar-refractivity contribution >= 4 is 33.6 Å². The molecule has 0 radical (unpaired) electrons. The minimum Gasteiger partial charge on any atom is -0.460 e. The van der Waals surface area contributed by atoms with Crippen molar-refractivity contribution in [3.05, 3.63) is 102 Å². The molecule has 3 rings (SSSR count). The van der Waals surface area contributed by atoms with Crippen LogP contribution in [0.15, 0.2) is 101 Å². The number of carbonyl (C=O) groups excluding carboxylic acids is 1. The molecular weight excluding hydrogens is 434 g/mol. The fourth-order valence-electron chi connectivity index (χ4n) is 3.05. The van der Waals surface area contributed by atoms with E-state index >= 15 is 0 Å². The number of anilines is 1. The smallest absolute Gasteiger partial charge is 0.333 e. The molecule has 170 valence electrons. The third-order valence-corrected chi connectivity index (χ3v) is 6.84. The summed E-state index contributed by atoms with van der Waals surface area (Å²) in [5, 5.41) is 0. The van der Waals surface area contributed by atoms with Crippen molar-refractivity contribution in [2.75, 3.05) is 25.1 Å². The van der Waals surface area contributed by atoms with Crippen molar-refractivity contribution in [2.45, 2.75) is 16.7 Å². The van der Waals surface area contributed by atoms with Gasteiger partial charge in [0.25, 0.3) is 0 Å². The van der Waals surface area contributed by atoms with E-state index in [1.165, 1.54) is 0 Å². The Morgan fingerprint density at radius 3 is 1.94 bits per heavy atom. The van der Waals surface area contributed by atoms with Crippen LogP contribution < -0.4 is 4.90 Å². The average Bonchev–Trinajstić information content (AvgIpc) is 2.83. The molecule has 5 nitrogen and oxygen atoms in total. The summed E-state index contributed by atoms with van der Waals surface area (Å²) in [6.45, 7) is 6.06. The highest BCUT2D eigenvalue weighted by Crippen LogP contribution is 2.22. The second kappa shape index (κ2) is 10.8. The van der Waals surface area contributed by atoms with Gasteiger partial charge in [-0.2, -0.15) is 0 Å². The van der Waals surface area contributed by atoms with Crippen LogP contribution in [0.25, 0.3) is 12.2 Å². The van der Waals surface area contributed by atoms with Gasteiger partial charge in [-0.25, -0.2) is 13.2 Å². The molecule has 0 atom stereocenters. The predicted molar refractivity (Wildman–Crippen MR) is 133 cm³/mol. The van der Waals surface area contributed by atoms with Crippen LogP contribution in [0.4, 0.5) is 5.69 Å². The normalized spacial score (nSPS) is 11.3. The maximum Gasteiger partial charge on any atom is 0.333 e. The van der Waals surface area contributed by atoms with Crippen LogP contribution in [-0.4, -0.2) is 34.6 Å². The molecule has 3 aromatic rings. The standard InChI is InChI=1S/C27H27NO4S/c1-21(2)27(29)32-20-19-28(3)24-15-11-22(12-16-24)9-10-23-13-17-26(18-14-23)33(30,31)25-7-5-4-6-8-25/h4-18H,1,19-20H2,2-3H3. The van der Waals surface area contributed by atoms with Gasteiger partial charge in [-0.3, -0.25) is 0 Å². The number of likely N-dealkylation sites (N-methyl/N-ethyl adjacent to an activating group) is 1. The van der Waals surface area contributed by atoms with Gasteiger partial charge < -0.3 is 9.64 Å². The maximum atomic E-state index is 12.7. The third-order valence-electron chi connectivity index (χ3n) is 5.05. The molecule has 0 unspecified atom stereocenters. The summed E-state index contributed by atoms with van der Waals surface area (Å²) in [5.74, 6) is -0.380. The fourth-order valence-corrected chi connectivity index (χ4v) is 4.34. The van der Waals surface area contributed by atoms with E-state index in [0.29, 0.717) is 18.7 Å². The molecule has 0 aliphatic carbocycles. The number of rotatable bonds is 9. The van der Waals surface area contributed by atoms with Gasteiger partial charge in [0.15, 0.2) is 0 Å². The second-order valence-corrected chi connectivity index (χ2v) is 9.60. The Bertz CT molecular complexity index is 1230. The molecule has 0 fully saturated rings. The lowest BCUT2D eigenvalue weighted by molar-refractivity contribution is -0.138. The number of benzene rings is 3. The molecule has 3 aromatic carbocycles. The SMILES string of the molecule is C=C(C)C(=O)OCCN(C)c1ccc(C=Cc2ccc(S(=O)(=O)c3ccccc3)cc2)cc1. The van der Waals surface area contributed by atoms with Gasteiger partial charge in [0, 0.05) is 18.3 Å². The molecule has 0 spiro atoms. The van der Waals surface area contributed by atoms with Gasteiger partial charge in [0.1, 0.15) is 6.61 Å². The molecular formula is C27H27NO4S. The largest absolute Gasteiger partial charge is 0.460 e. The topological polar surface area (TPSA) is 63.7 Å². The summed E-state index contributed by atoms with van der Waals surface area (Å²) >= 11 is 0. The Hall–Kier alpha value is -3.64. The van der Waals surface area contributed by atoms with E-state index in [2.05, 4.69) is 6.58 Å². The third kappa shape index (κ3) is 6.43. The summed E-state index contributed by atoms with van der Waals surface area (Å²) in [6.07, 6.45) is 3.91. The quantitative estimate of drug-likeness (QED) is 0.248. The lowest BCUT2D eigenvalue weighted by Gasteiger charge is -2.19. The van der Waals surface area contributed by atoms with Crippen LogP contribution in [0.1, 0.15) is 18.1 Å². The highest BCUT2D eigenvalue weighted by atomic mass is 32.2. The number of hydrogen-bond acceptors (Lipinski definition) is 5. The molecule has 33 heavy (non-hydrogen) atoms.